The van der Waals surface area contributed by atoms with Crippen molar-refractivity contribution in [1.29, 1.82) is 0 Å². The molecule has 1 aromatic heterocycles. The van der Waals surface area contributed by atoms with Crippen molar-refractivity contribution in [2.75, 3.05) is 13.2 Å². The quantitative estimate of drug-likeness (QED) is 0.771. The molecule has 5 nitrogen and oxygen atoms in total. The normalized spacial score (nSPS) is 16.4. The zero-order valence-electron chi connectivity index (χ0n) is 15.3. The highest BCUT2D eigenvalue weighted by atomic mass is 16.3. The highest BCUT2D eigenvalue weighted by Crippen LogP contribution is 2.38. The van der Waals surface area contributed by atoms with Gasteiger partial charge in [0.1, 0.15) is 5.58 Å². The Hall–Kier alpha value is -2.92. The number of rotatable bonds is 4. The molecule has 1 aliphatic rings. The molecule has 3 aromatic rings. The molecule has 1 N–H and O–H groups in total. The maximum absolute atomic E-state index is 13.2. The zero-order valence-corrected chi connectivity index (χ0v) is 15.3. The lowest BCUT2D eigenvalue weighted by atomic mass is 9.95. The Labute approximate surface area is 156 Å². The minimum atomic E-state index is -0.554. The third-order valence-electron chi connectivity index (χ3n) is 5.13. The number of β-amino-alcohol motifs (C(OH)–C–C–N with tert-alkyl or cyclic N) is 1. The number of nitrogens with zero attached hydrogens (tertiary/aromatic N) is 1. The van der Waals surface area contributed by atoms with Crippen LogP contribution in [-0.2, 0) is 0 Å². The van der Waals surface area contributed by atoms with E-state index in [0.29, 0.717) is 22.5 Å². The van der Waals surface area contributed by atoms with Crippen LogP contribution >= 0.6 is 0 Å². The van der Waals surface area contributed by atoms with E-state index in [1.807, 2.05) is 24.3 Å². The Balaban J connectivity index is 1.94. The lowest BCUT2D eigenvalue weighted by Gasteiger charge is -2.24. The van der Waals surface area contributed by atoms with E-state index in [9.17, 15) is 14.7 Å². The van der Waals surface area contributed by atoms with Crippen molar-refractivity contribution in [3.63, 3.8) is 0 Å². The van der Waals surface area contributed by atoms with Gasteiger partial charge in [0.2, 0.25) is 5.76 Å². The molecule has 0 saturated heterocycles. The van der Waals surface area contributed by atoms with Gasteiger partial charge in [-0.05, 0) is 29.2 Å². The maximum atomic E-state index is 13.2. The first-order valence-corrected chi connectivity index (χ1v) is 9.10. The summed E-state index contributed by atoms with van der Waals surface area (Å²) in [5, 5.41) is 9.92. The van der Waals surface area contributed by atoms with Gasteiger partial charge in [0.15, 0.2) is 5.43 Å². The molecule has 4 rings (SSSR count). The number of fused-ring (bicyclic) bond motifs is 2. The minimum Gasteiger partial charge on any atom is -0.450 e. The van der Waals surface area contributed by atoms with Gasteiger partial charge in [-0.3, -0.25) is 9.59 Å². The highest BCUT2D eigenvalue weighted by Gasteiger charge is 2.42. The second-order valence-corrected chi connectivity index (χ2v) is 7.12. The van der Waals surface area contributed by atoms with Crippen molar-refractivity contribution in [3.05, 3.63) is 81.2 Å². The van der Waals surface area contributed by atoms with E-state index in [4.69, 9.17) is 4.42 Å². The standard InChI is InChI=1S/C22H21NO4/c1-13(2)14-7-9-15(10-8-14)19-18-20(25)16-5-3-4-6-17(16)27-21(18)22(26)23(19)11-12-24/h3-10,13,19,24H,11-12H2,1-2H3/t19-/m0/s1. The fraction of sp³-hybridized carbons (Fsp3) is 0.273. The molecule has 0 radical (unpaired) electrons. The van der Waals surface area contributed by atoms with Crippen LogP contribution in [0.2, 0.25) is 0 Å². The van der Waals surface area contributed by atoms with Gasteiger partial charge >= 0.3 is 0 Å². The van der Waals surface area contributed by atoms with Gasteiger partial charge in [-0.15, -0.1) is 0 Å². The van der Waals surface area contributed by atoms with Crippen LogP contribution in [0.15, 0.2) is 57.7 Å². The van der Waals surface area contributed by atoms with Gasteiger partial charge in [0.05, 0.1) is 23.6 Å². The number of aliphatic hydroxyl groups is 1. The Morgan fingerprint density at radius 2 is 1.78 bits per heavy atom. The number of hydrogen-bond donors (Lipinski definition) is 1. The molecule has 2 aromatic carbocycles. The number of benzene rings is 2. The summed E-state index contributed by atoms with van der Waals surface area (Å²) in [5.74, 6) is 0.101. The molecule has 2 heterocycles. The Kier molecular flexibility index (Phi) is 4.32. The molecular weight excluding hydrogens is 342 g/mol. The van der Waals surface area contributed by atoms with Crippen LogP contribution in [0, 0.1) is 0 Å². The minimum absolute atomic E-state index is 0.0742. The van der Waals surface area contributed by atoms with Gasteiger partial charge in [0, 0.05) is 6.54 Å². The van der Waals surface area contributed by atoms with E-state index < -0.39 is 6.04 Å². The summed E-state index contributed by atoms with van der Waals surface area (Å²) >= 11 is 0. The van der Waals surface area contributed by atoms with E-state index >= 15 is 0 Å². The topological polar surface area (TPSA) is 70.8 Å². The number of aliphatic hydroxyl groups excluding tert-OH is 1. The number of hydrogen-bond acceptors (Lipinski definition) is 4. The van der Waals surface area contributed by atoms with E-state index in [-0.39, 0.29) is 30.2 Å². The summed E-state index contributed by atoms with van der Waals surface area (Å²) in [5.41, 5.74) is 2.57. The molecule has 1 amide bonds. The Morgan fingerprint density at radius 3 is 2.44 bits per heavy atom. The Morgan fingerprint density at radius 1 is 1.07 bits per heavy atom. The summed E-state index contributed by atoms with van der Waals surface area (Å²) < 4.78 is 5.81. The number of carbonyl (C=O) groups excluding carboxylic acids is 1. The molecule has 0 spiro atoms. The van der Waals surface area contributed by atoms with E-state index in [1.54, 1.807) is 24.3 Å². The van der Waals surface area contributed by atoms with Crippen molar-refractivity contribution in [2.45, 2.75) is 25.8 Å². The molecule has 27 heavy (non-hydrogen) atoms. The molecular formula is C22H21NO4. The summed E-state index contributed by atoms with van der Waals surface area (Å²) in [6.45, 7) is 4.17. The van der Waals surface area contributed by atoms with Gasteiger partial charge in [-0.2, -0.15) is 0 Å². The lowest BCUT2D eigenvalue weighted by Crippen LogP contribution is -2.32. The van der Waals surface area contributed by atoms with Crippen molar-refractivity contribution in [1.82, 2.24) is 4.90 Å². The first kappa shape index (κ1) is 17.5. The summed E-state index contributed by atoms with van der Waals surface area (Å²) in [6.07, 6.45) is 0. The van der Waals surface area contributed by atoms with Crippen LogP contribution in [0.4, 0.5) is 0 Å². The molecule has 5 heteroatoms. The molecule has 0 unspecified atom stereocenters. The first-order valence-electron chi connectivity index (χ1n) is 9.10. The van der Waals surface area contributed by atoms with Crippen LogP contribution in [0.5, 0.6) is 0 Å². The van der Waals surface area contributed by atoms with Crippen LogP contribution in [-0.4, -0.2) is 29.1 Å². The number of para-hydroxylation sites is 1. The molecule has 0 fully saturated rings. The number of carbonyl (C=O) groups is 1. The second-order valence-electron chi connectivity index (χ2n) is 7.12. The summed E-state index contributed by atoms with van der Waals surface area (Å²) in [4.78, 5) is 27.6. The van der Waals surface area contributed by atoms with Crippen molar-refractivity contribution >= 4 is 16.9 Å². The molecule has 0 bridgehead atoms. The zero-order chi connectivity index (χ0) is 19.1. The highest BCUT2D eigenvalue weighted by molar-refractivity contribution is 5.99. The van der Waals surface area contributed by atoms with Crippen LogP contribution in [0.25, 0.3) is 11.0 Å². The van der Waals surface area contributed by atoms with Gasteiger partial charge < -0.3 is 14.4 Å². The van der Waals surface area contributed by atoms with E-state index in [0.717, 1.165) is 5.56 Å². The predicted molar refractivity (Wildman–Crippen MR) is 103 cm³/mol. The Bertz CT molecular complexity index is 1070. The van der Waals surface area contributed by atoms with Gasteiger partial charge in [0.25, 0.3) is 5.91 Å². The van der Waals surface area contributed by atoms with Crippen molar-refractivity contribution in [3.8, 4) is 0 Å². The first-order chi connectivity index (χ1) is 13.0. The van der Waals surface area contributed by atoms with Crippen molar-refractivity contribution < 1.29 is 14.3 Å². The third-order valence-corrected chi connectivity index (χ3v) is 5.13. The fourth-order valence-electron chi connectivity index (χ4n) is 3.72. The lowest BCUT2D eigenvalue weighted by molar-refractivity contribution is 0.0691. The summed E-state index contributed by atoms with van der Waals surface area (Å²) in [6, 6.07) is 14.3. The van der Waals surface area contributed by atoms with Crippen LogP contribution < -0.4 is 5.43 Å². The largest absolute Gasteiger partial charge is 0.450 e. The molecule has 138 valence electrons. The molecule has 1 atom stereocenters. The van der Waals surface area contributed by atoms with Gasteiger partial charge in [-0.25, -0.2) is 0 Å². The third kappa shape index (κ3) is 2.75. The van der Waals surface area contributed by atoms with E-state index in [1.165, 1.54) is 10.5 Å². The smallest absolute Gasteiger partial charge is 0.290 e. The number of amides is 1. The molecule has 1 aliphatic heterocycles. The second kappa shape index (κ2) is 6.67. The maximum Gasteiger partial charge on any atom is 0.290 e. The molecule has 0 saturated carbocycles. The van der Waals surface area contributed by atoms with Crippen LogP contribution in [0.3, 0.4) is 0 Å². The monoisotopic (exact) mass is 363 g/mol. The molecule has 0 aliphatic carbocycles. The average molecular weight is 363 g/mol. The van der Waals surface area contributed by atoms with Gasteiger partial charge in [-0.1, -0.05) is 50.2 Å². The fourth-order valence-corrected chi connectivity index (χ4v) is 3.72. The predicted octanol–water partition coefficient (Wildman–Crippen LogP) is 3.45. The average Bonchev–Trinajstić information content (AvgIpc) is 2.95. The van der Waals surface area contributed by atoms with E-state index in [2.05, 4.69) is 13.8 Å². The SMILES string of the molecule is CC(C)c1ccc([C@H]2c3c(oc4ccccc4c3=O)C(=O)N2CCO)cc1. The van der Waals surface area contributed by atoms with Crippen molar-refractivity contribution in [2.24, 2.45) is 0 Å². The van der Waals surface area contributed by atoms with Crippen LogP contribution in [0.1, 0.15) is 53.1 Å². The summed E-state index contributed by atoms with van der Waals surface area (Å²) in [7, 11) is 0.